The van der Waals surface area contributed by atoms with Gasteiger partial charge in [-0.15, -0.1) is 0 Å². The summed E-state index contributed by atoms with van der Waals surface area (Å²) in [6.45, 7) is 12.7. The molecule has 0 spiro atoms. The molecule has 1 aromatic carbocycles. The number of benzene rings is 1. The molecule has 0 aliphatic heterocycles. The molecule has 3 nitrogen and oxygen atoms in total. The van der Waals surface area contributed by atoms with Crippen LogP contribution in [0.15, 0.2) is 12.1 Å². The van der Waals surface area contributed by atoms with Crippen LogP contribution in [0.3, 0.4) is 0 Å². The zero-order valence-electron chi connectivity index (χ0n) is 15.2. The van der Waals surface area contributed by atoms with E-state index < -0.39 is 5.97 Å². The van der Waals surface area contributed by atoms with Gasteiger partial charge < -0.3 is 0 Å². The number of aromatic hydroxyl groups is 1. The number of aliphatic carboxylic acids is 1. The van der Waals surface area contributed by atoms with Crippen molar-refractivity contribution in [1.82, 2.24) is 0 Å². The monoisotopic (exact) mass is 386 g/mol. The summed E-state index contributed by atoms with van der Waals surface area (Å²) >= 11 is 0.183. The number of carboxylic acid groups (broad SMARTS) is 1. The Morgan fingerprint density at radius 3 is 1.91 bits per heavy atom. The van der Waals surface area contributed by atoms with Crippen molar-refractivity contribution in [3.8, 4) is 5.75 Å². The third-order valence-electron chi connectivity index (χ3n) is 3.77. The van der Waals surface area contributed by atoms with Crippen LogP contribution in [0.1, 0.15) is 64.7 Å². The normalized spacial score (nSPS) is 12.4. The minimum absolute atomic E-state index is 0.104. The van der Waals surface area contributed by atoms with E-state index in [-0.39, 0.29) is 25.8 Å². The van der Waals surface area contributed by atoms with Crippen molar-refractivity contribution in [2.45, 2.75) is 75.9 Å². The van der Waals surface area contributed by atoms with Gasteiger partial charge in [-0.2, -0.15) is 0 Å². The van der Waals surface area contributed by atoms with E-state index in [1.165, 1.54) is 5.56 Å². The first kappa shape index (κ1) is 20.1. The maximum absolute atomic E-state index is 10.7. The molecule has 0 heterocycles. The zero-order valence-corrected chi connectivity index (χ0v) is 16.9. The molecule has 0 bridgehead atoms. The van der Waals surface area contributed by atoms with Crippen molar-refractivity contribution in [3.63, 3.8) is 0 Å². The number of carbonyl (C=O) groups is 1. The summed E-state index contributed by atoms with van der Waals surface area (Å²) in [6.07, 6.45) is 1.94. The predicted molar refractivity (Wildman–Crippen MR) is 96.8 cm³/mol. The summed E-state index contributed by atoms with van der Waals surface area (Å²) in [7, 11) is 0. The van der Waals surface area contributed by atoms with Crippen LogP contribution in [-0.2, 0) is 22.0 Å². The molecule has 0 atom stereocenters. The van der Waals surface area contributed by atoms with Crippen LogP contribution in [0.5, 0.6) is 5.75 Å². The van der Waals surface area contributed by atoms with Gasteiger partial charge in [0.2, 0.25) is 0 Å². The van der Waals surface area contributed by atoms with E-state index in [9.17, 15) is 9.90 Å². The molecular formula is C19H30O3Se. The van der Waals surface area contributed by atoms with Gasteiger partial charge in [-0.3, -0.25) is 0 Å². The van der Waals surface area contributed by atoms with Crippen molar-refractivity contribution in [2.75, 3.05) is 0 Å². The second-order valence-corrected chi connectivity index (χ2v) is 10.4. The van der Waals surface area contributed by atoms with Crippen LogP contribution in [0, 0.1) is 0 Å². The summed E-state index contributed by atoms with van der Waals surface area (Å²) in [4.78, 5) is 10.6. The molecule has 0 saturated heterocycles. The van der Waals surface area contributed by atoms with Crippen LogP contribution >= 0.6 is 0 Å². The van der Waals surface area contributed by atoms with Crippen LogP contribution in [0.25, 0.3) is 0 Å². The second-order valence-electron chi connectivity index (χ2n) is 8.09. The molecule has 0 aliphatic carbocycles. The standard InChI is InChI=1S/C19H30O3Se/c1-18(2,3)14-10-13(8-7-9-23-12-16(20)21)11-15(17(14)22)19(4,5)6/h10-11,22H,7-9,12H2,1-6H3,(H,20,21). The Bertz CT molecular complexity index is 516. The molecule has 4 heteroatoms. The number of phenols is 1. The fourth-order valence-electron chi connectivity index (χ4n) is 2.52. The maximum atomic E-state index is 10.7. The SMILES string of the molecule is CC(C)(C)c1cc(CCC[Se]CC(=O)O)cc(C(C)(C)C)c1O. The fourth-order valence-corrected chi connectivity index (χ4v) is 3.92. The first-order valence-corrected chi connectivity index (χ1v) is 10.5. The third-order valence-corrected chi connectivity index (χ3v) is 5.92. The Hall–Kier alpha value is -0.991. The number of phenolic OH excluding ortho intramolecular Hbond substituents is 1. The summed E-state index contributed by atoms with van der Waals surface area (Å²) in [6, 6.07) is 4.24. The molecule has 1 aromatic rings. The number of aryl methyl sites for hydroxylation is 1. The van der Waals surface area contributed by atoms with Crippen molar-refractivity contribution >= 4 is 20.9 Å². The van der Waals surface area contributed by atoms with Crippen LogP contribution in [0.2, 0.25) is 10.6 Å². The number of carboxylic acids is 1. The third kappa shape index (κ3) is 6.19. The molecule has 0 amide bonds. The first-order valence-electron chi connectivity index (χ1n) is 8.09. The second kappa shape index (κ2) is 7.72. The van der Waals surface area contributed by atoms with Gasteiger partial charge in [-0.25, -0.2) is 0 Å². The van der Waals surface area contributed by atoms with Gasteiger partial charge in [0.15, 0.2) is 0 Å². The average molecular weight is 385 g/mol. The molecule has 130 valence electrons. The molecule has 0 aliphatic rings. The molecular weight excluding hydrogens is 355 g/mol. The van der Waals surface area contributed by atoms with E-state index in [4.69, 9.17) is 5.11 Å². The predicted octanol–water partition coefficient (Wildman–Crippen LogP) is 4.55. The molecule has 1 rings (SSSR count). The van der Waals surface area contributed by atoms with E-state index in [2.05, 4.69) is 53.7 Å². The van der Waals surface area contributed by atoms with Crippen molar-refractivity contribution < 1.29 is 15.0 Å². The van der Waals surface area contributed by atoms with Gasteiger partial charge in [-0.1, -0.05) is 0 Å². The fraction of sp³-hybridized carbons (Fsp3) is 0.632. The Balaban J connectivity index is 2.98. The quantitative estimate of drug-likeness (QED) is 0.558. The van der Waals surface area contributed by atoms with Crippen LogP contribution in [-0.4, -0.2) is 31.1 Å². The number of hydrogen-bond donors (Lipinski definition) is 2. The van der Waals surface area contributed by atoms with Crippen molar-refractivity contribution in [1.29, 1.82) is 0 Å². The molecule has 0 aromatic heterocycles. The summed E-state index contributed by atoms with van der Waals surface area (Å²) < 4.78 is 0. The van der Waals surface area contributed by atoms with Gasteiger partial charge in [0.05, 0.1) is 0 Å². The Labute approximate surface area is 146 Å². The topological polar surface area (TPSA) is 57.5 Å². The Morgan fingerprint density at radius 1 is 1.04 bits per heavy atom. The van der Waals surface area contributed by atoms with Crippen molar-refractivity contribution in [3.05, 3.63) is 28.8 Å². The molecule has 0 unspecified atom stereocenters. The van der Waals surface area contributed by atoms with Crippen molar-refractivity contribution in [2.24, 2.45) is 0 Å². The number of rotatable bonds is 6. The van der Waals surface area contributed by atoms with E-state index in [1.54, 1.807) is 0 Å². The van der Waals surface area contributed by atoms with Crippen LogP contribution < -0.4 is 0 Å². The van der Waals surface area contributed by atoms with E-state index in [1.807, 2.05) is 0 Å². The summed E-state index contributed by atoms with van der Waals surface area (Å²) in [5.74, 6) is -0.275. The van der Waals surface area contributed by atoms with E-state index in [0.29, 0.717) is 11.1 Å². The van der Waals surface area contributed by atoms with Gasteiger partial charge in [0.1, 0.15) is 0 Å². The molecule has 2 N–H and O–H groups in total. The molecule has 0 fully saturated rings. The average Bonchev–Trinajstić information content (AvgIpc) is 2.36. The van der Waals surface area contributed by atoms with Gasteiger partial charge >= 0.3 is 146 Å². The van der Waals surface area contributed by atoms with Gasteiger partial charge in [-0.05, 0) is 0 Å². The van der Waals surface area contributed by atoms with Crippen LogP contribution in [0.4, 0.5) is 0 Å². The van der Waals surface area contributed by atoms with Gasteiger partial charge in [0, 0.05) is 0 Å². The minimum atomic E-state index is -0.695. The summed E-state index contributed by atoms with van der Waals surface area (Å²) in [5.41, 5.74) is 3.02. The zero-order chi connectivity index (χ0) is 17.8. The van der Waals surface area contributed by atoms with E-state index in [0.717, 1.165) is 29.3 Å². The Morgan fingerprint density at radius 2 is 1.52 bits per heavy atom. The van der Waals surface area contributed by atoms with E-state index >= 15 is 0 Å². The number of hydrogen-bond acceptors (Lipinski definition) is 2. The molecule has 0 saturated carbocycles. The Kier molecular flexibility index (Phi) is 6.73. The summed E-state index contributed by atoms with van der Waals surface area (Å²) in [5, 5.41) is 20.7. The van der Waals surface area contributed by atoms with Gasteiger partial charge in [0.25, 0.3) is 0 Å². The molecule has 23 heavy (non-hydrogen) atoms. The first-order chi connectivity index (χ1) is 10.4. The molecule has 0 radical (unpaired) electrons.